The van der Waals surface area contributed by atoms with E-state index in [4.69, 9.17) is 0 Å². The first kappa shape index (κ1) is 7.46. The number of hydrogen-bond donors (Lipinski definition) is 0. The Hall–Kier alpha value is 1.46. The molecule has 0 saturated heterocycles. The summed E-state index contributed by atoms with van der Waals surface area (Å²) in [6.07, 6.45) is 1.31. The fourth-order valence-electron chi connectivity index (χ4n) is 0.109. The van der Waals surface area contributed by atoms with Crippen molar-refractivity contribution in [1.82, 2.24) is 0 Å². The maximum absolute atomic E-state index is 2.46. The molecule has 0 amide bonds. The normalized spacial score (nSPS) is 14.5. The quantitative estimate of drug-likeness (QED) is 0.543. The van der Waals surface area contributed by atoms with Crippen LogP contribution in [0.4, 0.5) is 0 Å². The smallest absolute Gasteiger partial charge is 0.0197 e. The highest BCUT2D eigenvalue weighted by atomic mass is 127. The first-order valence-corrected chi connectivity index (χ1v) is 4.78. The van der Waals surface area contributed by atoms with E-state index in [9.17, 15) is 0 Å². The summed E-state index contributed by atoms with van der Waals surface area (Å²) in [6.45, 7) is 2.22. The van der Waals surface area contributed by atoms with Crippen LogP contribution in [0, 0.1) is 0 Å². The van der Waals surface area contributed by atoms with Crippen LogP contribution in [0.2, 0.25) is 0 Å². The van der Waals surface area contributed by atoms with E-state index in [-0.39, 0.29) is 0 Å². The monoisotopic (exact) mass is 310 g/mol. The zero-order valence-electron chi connectivity index (χ0n) is 3.75. The number of halogens is 2. The third-order valence-corrected chi connectivity index (χ3v) is 4.68. The Morgan fingerprint density at radius 1 is 1.67 bits per heavy atom. The van der Waals surface area contributed by atoms with Gasteiger partial charge in [-0.3, -0.25) is 0 Å². The molecule has 0 heterocycles. The van der Waals surface area contributed by atoms with Crippen molar-refractivity contribution >= 4 is 45.2 Å². The second-order valence-corrected chi connectivity index (χ2v) is 3.80. The molecule has 0 aliphatic rings. The fourth-order valence-corrected chi connectivity index (χ4v) is 0.732. The molecular formula is C4H8I2. The Kier molecular flexibility index (Phi) is 5.74. The minimum atomic E-state index is 0.892. The summed E-state index contributed by atoms with van der Waals surface area (Å²) < 4.78 is 2.18. The number of rotatable bonds is 2. The Balaban J connectivity index is 2.75. The maximum atomic E-state index is 2.46. The molecule has 0 aromatic rings. The fraction of sp³-hybridized carbons (Fsp3) is 1.00. The van der Waals surface area contributed by atoms with Crippen molar-refractivity contribution in [2.75, 3.05) is 4.43 Å². The molecule has 0 rings (SSSR count). The summed E-state index contributed by atoms with van der Waals surface area (Å²) in [5.74, 6) is 0. The largest absolute Gasteiger partial charge is 0.0852 e. The van der Waals surface area contributed by atoms with E-state index in [1.54, 1.807) is 0 Å². The van der Waals surface area contributed by atoms with Crippen molar-refractivity contribution in [3.05, 3.63) is 0 Å². The molecule has 0 spiro atoms. The lowest BCUT2D eigenvalue weighted by Gasteiger charge is -1.95. The van der Waals surface area contributed by atoms with Crippen LogP contribution in [0.5, 0.6) is 0 Å². The molecule has 0 aliphatic carbocycles. The first-order chi connectivity index (χ1) is 2.81. The lowest BCUT2D eigenvalue weighted by atomic mass is 10.4. The van der Waals surface area contributed by atoms with Gasteiger partial charge in [-0.05, 0) is 6.42 Å². The summed E-state index contributed by atoms with van der Waals surface area (Å²) in [5.41, 5.74) is 0. The van der Waals surface area contributed by atoms with Crippen LogP contribution in [0.25, 0.3) is 0 Å². The summed E-state index contributed by atoms with van der Waals surface area (Å²) in [5, 5.41) is 0. The van der Waals surface area contributed by atoms with Gasteiger partial charge in [0.2, 0.25) is 0 Å². The highest BCUT2D eigenvalue weighted by Gasteiger charge is 1.92. The molecule has 2 heteroatoms. The maximum Gasteiger partial charge on any atom is 0.0197 e. The van der Waals surface area contributed by atoms with Gasteiger partial charge in [0.05, 0.1) is 0 Å². The van der Waals surface area contributed by atoms with E-state index in [2.05, 4.69) is 52.1 Å². The molecule has 0 nitrogen and oxygen atoms in total. The molecule has 0 aromatic carbocycles. The molecule has 0 radical (unpaired) electrons. The zero-order chi connectivity index (χ0) is 4.99. The van der Waals surface area contributed by atoms with Crippen LogP contribution in [-0.2, 0) is 0 Å². The van der Waals surface area contributed by atoms with Gasteiger partial charge >= 0.3 is 0 Å². The standard InChI is InChI=1S/C4H8I2/c1-2-4(6)3-5/h4H,2-3H2,1H3/t4-/m0/s1. The minimum Gasteiger partial charge on any atom is -0.0852 e. The van der Waals surface area contributed by atoms with Crippen LogP contribution in [-0.4, -0.2) is 8.35 Å². The molecule has 0 aliphatic heterocycles. The van der Waals surface area contributed by atoms with Crippen molar-refractivity contribution < 1.29 is 0 Å². The average Bonchev–Trinajstić information content (AvgIpc) is 1.65. The topological polar surface area (TPSA) is 0 Å². The number of alkyl halides is 2. The van der Waals surface area contributed by atoms with Gasteiger partial charge in [0, 0.05) is 8.35 Å². The van der Waals surface area contributed by atoms with E-state index in [0.717, 1.165) is 3.92 Å². The Labute approximate surface area is 66.4 Å². The Morgan fingerprint density at radius 2 is 2.17 bits per heavy atom. The van der Waals surface area contributed by atoms with Gasteiger partial charge < -0.3 is 0 Å². The molecule has 1 atom stereocenters. The van der Waals surface area contributed by atoms with Crippen molar-refractivity contribution in [3.8, 4) is 0 Å². The van der Waals surface area contributed by atoms with Gasteiger partial charge in [-0.1, -0.05) is 52.1 Å². The van der Waals surface area contributed by atoms with Gasteiger partial charge in [0.25, 0.3) is 0 Å². The molecule has 6 heavy (non-hydrogen) atoms. The van der Waals surface area contributed by atoms with Crippen LogP contribution in [0.3, 0.4) is 0 Å². The lowest BCUT2D eigenvalue weighted by molar-refractivity contribution is 0.959. The molecule has 0 aromatic heterocycles. The summed E-state index contributed by atoms with van der Waals surface area (Å²) in [6, 6.07) is 0. The molecule has 0 unspecified atom stereocenters. The van der Waals surface area contributed by atoms with E-state index in [0.29, 0.717) is 0 Å². The highest BCUT2D eigenvalue weighted by molar-refractivity contribution is 14.1. The van der Waals surface area contributed by atoms with Crippen molar-refractivity contribution in [1.29, 1.82) is 0 Å². The van der Waals surface area contributed by atoms with Crippen molar-refractivity contribution in [3.63, 3.8) is 0 Å². The average molecular weight is 310 g/mol. The highest BCUT2D eigenvalue weighted by Crippen LogP contribution is 2.07. The lowest BCUT2D eigenvalue weighted by Crippen LogP contribution is -1.92. The second kappa shape index (κ2) is 4.61. The Morgan fingerprint density at radius 3 is 2.17 bits per heavy atom. The molecular weight excluding hydrogens is 302 g/mol. The van der Waals surface area contributed by atoms with Gasteiger partial charge in [0.15, 0.2) is 0 Å². The number of hydrogen-bond acceptors (Lipinski definition) is 0. The van der Waals surface area contributed by atoms with Crippen LogP contribution < -0.4 is 0 Å². The van der Waals surface area contributed by atoms with Gasteiger partial charge in [-0.25, -0.2) is 0 Å². The molecule has 0 fully saturated rings. The minimum absolute atomic E-state index is 0.892. The molecule has 0 bridgehead atoms. The first-order valence-electron chi connectivity index (χ1n) is 2.01. The van der Waals surface area contributed by atoms with Crippen LogP contribution in [0.15, 0.2) is 0 Å². The van der Waals surface area contributed by atoms with Gasteiger partial charge in [-0.2, -0.15) is 0 Å². The van der Waals surface area contributed by atoms with Crippen LogP contribution >= 0.6 is 45.2 Å². The predicted octanol–water partition coefficient (Wildman–Crippen LogP) is 2.64. The van der Waals surface area contributed by atoms with Gasteiger partial charge in [-0.15, -0.1) is 0 Å². The van der Waals surface area contributed by atoms with E-state index >= 15 is 0 Å². The molecule has 38 valence electrons. The van der Waals surface area contributed by atoms with Crippen molar-refractivity contribution in [2.45, 2.75) is 17.3 Å². The molecule has 0 saturated carbocycles. The summed E-state index contributed by atoms with van der Waals surface area (Å²) in [7, 11) is 0. The summed E-state index contributed by atoms with van der Waals surface area (Å²) in [4.78, 5) is 0. The van der Waals surface area contributed by atoms with Gasteiger partial charge in [0.1, 0.15) is 0 Å². The van der Waals surface area contributed by atoms with E-state index in [1.807, 2.05) is 0 Å². The zero-order valence-corrected chi connectivity index (χ0v) is 8.06. The van der Waals surface area contributed by atoms with E-state index in [1.165, 1.54) is 10.8 Å². The summed E-state index contributed by atoms with van der Waals surface area (Å²) >= 11 is 4.87. The predicted molar refractivity (Wildman–Crippen MR) is 47.0 cm³/mol. The Bertz CT molecular complexity index is 24.7. The van der Waals surface area contributed by atoms with Crippen molar-refractivity contribution in [2.24, 2.45) is 0 Å². The SMILES string of the molecule is CC[C@H](I)CI. The molecule has 0 N–H and O–H groups in total. The van der Waals surface area contributed by atoms with E-state index < -0.39 is 0 Å². The third-order valence-electron chi connectivity index (χ3n) is 0.610. The third kappa shape index (κ3) is 3.64. The second-order valence-electron chi connectivity index (χ2n) is 1.16. The van der Waals surface area contributed by atoms with Crippen LogP contribution in [0.1, 0.15) is 13.3 Å².